The Morgan fingerprint density at radius 1 is 1.07 bits per heavy atom. The molecule has 5 rings (SSSR count). The number of Topliss-reactive ketones (excluding diaryl/α,β-unsaturated/α-hetero) is 1. The highest BCUT2D eigenvalue weighted by atomic mass is 35.5. The summed E-state index contributed by atoms with van der Waals surface area (Å²) >= 11 is 7.70. The highest BCUT2D eigenvalue weighted by Gasteiger charge is 2.52. The molecule has 0 spiro atoms. The molecule has 0 amide bonds. The molecule has 1 aromatic heterocycles. The third-order valence-corrected chi connectivity index (χ3v) is 8.56. The number of thiophene rings is 1. The third kappa shape index (κ3) is 5.20. The van der Waals surface area contributed by atoms with Gasteiger partial charge in [0.05, 0.1) is 30.4 Å². The monoisotopic (exact) mass is 612 g/mol. The predicted octanol–water partition coefficient (Wildman–Crippen LogP) is 6.21. The van der Waals surface area contributed by atoms with Crippen LogP contribution in [0.1, 0.15) is 42.5 Å². The van der Waals surface area contributed by atoms with Gasteiger partial charge in [0.2, 0.25) is 0 Å². The van der Waals surface area contributed by atoms with Gasteiger partial charge in [0.25, 0.3) is 0 Å². The van der Waals surface area contributed by atoms with Crippen LogP contribution in [-0.2, 0) is 23.9 Å². The molecule has 3 atom stereocenters. The smallest absolute Gasteiger partial charge is 0.338 e. The lowest BCUT2D eigenvalue weighted by Gasteiger charge is -2.43. The van der Waals surface area contributed by atoms with E-state index in [2.05, 4.69) is 0 Å². The highest BCUT2D eigenvalue weighted by Crippen LogP contribution is 2.52. The number of anilines is 1. The van der Waals surface area contributed by atoms with Crippen LogP contribution in [0.2, 0.25) is 5.02 Å². The van der Waals surface area contributed by atoms with Gasteiger partial charge in [-0.15, -0.1) is 11.3 Å². The summed E-state index contributed by atoms with van der Waals surface area (Å²) in [5, 5.41) is 2.16. The van der Waals surface area contributed by atoms with E-state index >= 15 is 4.39 Å². The summed E-state index contributed by atoms with van der Waals surface area (Å²) in [4.78, 5) is 43.5. The van der Waals surface area contributed by atoms with Gasteiger partial charge in [-0.05, 0) is 61.5 Å². The summed E-state index contributed by atoms with van der Waals surface area (Å²) in [6.45, 7) is 3.31. The zero-order valence-electron chi connectivity index (χ0n) is 22.7. The molecule has 0 radical (unpaired) electrons. The topological polar surface area (TPSA) is 98.9 Å². The normalized spacial score (nSPS) is 20.5. The average Bonchev–Trinajstić information content (AvgIpc) is 3.48. The molecule has 2 aromatic carbocycles. The fraction of sp³-hybridized carbons (Fsp3) is 0.258. The van der Waals surface area contributed by atoms with Crippen molar-refractivity contribution in [2.75, 3.05) is 18.1 Å². The van der Waals surface area contributed by atoms with Gasteiger partial charge in [-0.3, -0.25) is 14.5 Å². The van der Waals surface area contributed by atoms with Crippen molar-refractivity contribution in [3.05, 3.63) is 110 Å². The highest BCUT2D eigenvalue weighted by molar-refractivity contribution is 7.10. The minimum absolute atomic E-state index is 0.00541. The van der Waals surface area contributed by atoms with Crippen molar-refractivity contribution in [3.8, 4) is 0 Å². The Labute approximate surface area is 250 Å². The van der Waals surface area contributed by atoms with Crippen LogP contribution in [-0.4, -0.2) is 30.9 Å². The van der Waals surface area contributed by atoms with E-state index in [4.69, 9.17) is 26.8 Å². The molecule has 7 nitrogen and oxygen atoms in total. The van der Waals surface area contributed by atoms with Crippen molar-refractivity contribution in [2.24, 2.45) is 11.7 Å². The Balaban J connectivity index is 1.84. The number of nitrogens with zero attached hydrogens (tertiary/aromatic N) is 1. The first-order chi connectivity index (χ1) is 20.2. The van der Waals surface area contributed by atoms with Crippen LogP contribution in [0.3, 0.4) is 0 Å². The van der Waals surface area contributed by atoms with Crippen LogP contribution in [0, 0.1) is 17.6 Å². The van der Waals surface area contributed by atoms with Gasteiger partial charge < -0.3 is 15.2 Å². The number of halogens is 3. The first-order valence-electron chi connectivity index (χ1n) is 13.3. The van der Waals surface area contributed by atoms with Gasteiger partial charge in [-0.2, -0.15) is 0 Å². The lowest BCUT2D eigenvalue weighted by atomic mass is 9.68. The van der Waals surface area contributed by atoms with Crippen LogP contribution < -0.4 is 10.6 Å². The molecule has 0 saturated heterocycles. The number of ether oxygens (including phenoxy) is 2. The van der Waals surface area contributed by atoms with Crippen molar-refractivity contribution < 1.29 is 32.6 Å². The van der Waals surface area contributed by atoms with Crippen LogP contribution in [0.4, 0.5) is 14.5 Å². The van der Waals surface area contributed by atoms with Crippen LogP contribution in [0.15, 0.2) is 82.6 Å². The zero-order valence-corrected chi connectivity index (χ0v) is 24.3. The van der Waals surface area contributed by atoms with E-state index in [-0.39, 0.29) is 48.0 Å². The summed E-state index contributed by atoms with van der Waals surface area (Å²) in [7, 11) is 0. The van der Waals surface area contributed by atoms with E-state index in [1.807, 2.05) is 11.4 Å². The molecule has 1 aliphatic carbocycles. The SMILES string of the molecule is CCOC(=O)C1=C(N)N(c2ccc(F)cc2F)C2=C(C(=O)[C@H](C(=O)OCC)[C@@H](c3cccs3)C2)[C@@H]1c1cccc(Cl)c1. The number of esters is 2. The number of ketones is 1. The van der Waals surface area contributed by atoms with E-state index in [9.17, 15) is 18.8 Å². The summed E-state index contributed by atoms with van der Waals surface area (Å²) in [6.07, 6.45) is 0.0652. The van der Waals surface area contributed by atoms with Gasteiger partial charge in [-0.25, -0.2) is 13.6 Å². The molecular formula is C31H27ClF2N2O5S. The van der Waals surface area contributed by atoms with E-state index in [0.717, 1.165) is 10.9 Å². The predicted molar refractivity (Wildman–Crippen MR) is 155 cm³/mol. The Bertz CT molecular complexity index is 1620. The molecule has 11 heteroatoms. The summed E-state index contributed by atoms with van der Waals surface area (Å²) in [6, 6.07) is 13.1. The van der Waals surface area contributed by atoms with Crippen LogP contribution in [0.5, 0.6) is 0 Å². The van der Waals surface area contributed by atoms with Gasteiger partial charge in [0, 0.05) is 33.2 Å². The number of hydrogen-bond donors (Lipinski definition) is 1. The summed E-state index contributed by atoms with van der Waals surface area (Å²) in [5.74, 6) is -7.10. The van der Waals surface area contributed by atoms with Gasteiger partial charge in [0.1, 0.15) is 23.4 Å². The van der Waals surface area contributed by atoms with E-state index in [0.29, 0.717) is 16.7 Å². The number of carbonyl (C=O) groups is 3. The maximum absolute atomic E-state index is 15.4. The quantitative estimate of drug-likeness (QED) is 0.250. The van der Waals surface area contributed by atoms with Crippen molar-refractivity contribution in [3.63, 3.8) is 0 Å². The number of carbonyl (C=O) groups excluding carboxylic acids is 3. The van der Waals surface area contributed by atoms with Crippen molar-refractivity contribution in [1.29, 1.82) is 0 Å². The van der Waals surface area contributed by atoms with Crippen LogP contribution in [0.25, 0.3) is 0 Å². The lowest BCUT2D eigenvalue weighted by molar-refractivity contribution is -0.152. The second-order valence-corrected chi connectivity index (χ2v) is 11.1. The largest absolute Gasteiger partial charge is 0.465 e. The minimum Gasteiger partial charge on any atom is -0.465 e. The second kappa shape index (κ2) is 12.1. The fourth-order valence-corrected chi connectivity index (χ4v) is 6.73. The first-order valence-corrected chi connectivity index (χ1v) is 14.6. The number of allylic oxidation sites excluding steroid dienone is 2. The second-order valence-electron chi connectivity index (χ2n) is 9.72. The van der Waals surface area contributed by atoms with Gasteiger partial charge >= 0.3 is 11.9 Å². The first kappa shape index (κ1) is 29.5. The molecule has 2 N–H and O–H groups in total. The van der Waals surface area contributed by atoms with E-state index in [1.165, 1.54) is 22.3 Å². The molecule has 1 aliphatic heterocycles. The number of nitrogens with two attached hydrogens (primary N) is 1. The van der Waals surface area contributed by atoms with Crippen molar-refractivity contribution in [1.82, 2.24) is 0 Å². The fourth-order valence-electron chi connectivity index (χ4n) is 5.67. The Hall–Kier alpha value is -4.02. The molecule has 0 fully saturated rings. The molecule has 0 saturated carbocycles. The Morgan fingerprint density at radius 3 is 2.48 bits per heavy atom. The molecular weight excluding hydrogens is 586 g/mol. The van der Waals surface area contributed by atoms with E-state index < -0.39 is 47.1 Å². The number of hydrogen-bond acceptors (Lipinski definition) is 8. The molecule has 2 aliphatic rings. The summed E-state index contributed by atoms with van der Waals surface area (Å²) in [5.41, 5.74) is 7.18. The molecule has 2 heterocycles. The molecule has 0 unspecified atom stereocenters. The maximum atomic E-state index is 15.4. The molecule has 0 bridgehead atoms. The van der Waals surface area contributed by atoms with Crippen molar-refractivity contribution >= 4 is 46.3 Å². The number of rotatable bonds is 7. The Morgan fingerprint density at radius 2 is 1.83 bits per heavy atom. The minimum atomic E-state index is -1.24. The maximum Gasteiger partial charge on any atom is 0.338 e. The average molecular weight is 613 g/mol. The van der Waals surface area contributed by atoms with Crippen LogP contribution >= 0.6 is 22.9 Å². The Kier molecular flexibility index (Phi) is 8.47. The number of benzene rings is 2. The third-order valence-electron chi connectivity index (χ3n) is 7.32. The van der Waals surface area contributed by atoms with Gasteiger partial charge in [-0.1, -0.05) is 29.8 Å². The molecule has 218 valence electrons. The standard InChI is InChI=1S/C31H27ClF2N2O5S/c1-3-40-30(38)25-19(23-9-6-12-42-23)15-22-26(28(25)37)24(16-7-5-8-17(32)13-16)27(31(39)41-4-2)29(35)36(22)21-11-10-18(33)14-20(21)34/h5-14,19,24-25H,3-4,15,35H2,1-2H3/t19-,24+,25-/m1/s1. The molecule has 3 aromatic rings. The van der Waals surface area contributed by atoms with Crippen molar-refractivity contribution in [2.45, 2.75) is 32.1 Å². The summed E-state index contributed by atoms with van der Waals surface area (Å²) < 4.78 is 40.1. The van der Waals surface area contributed by atoms with E-state index in [1.54, 1.807) is 44.2 Å². The van der Waals surface area contributed by atoms with Gasteiger partial charge in [0.15, 0.2) is 5.78 Å². The zero-order chi connectivity index (χ0) is 30.1. The molecule has 42 heavy (non-hydrogen) atoms. The lowest BCUT2D eigenvalue weighted by Crippen LogP contribution is -2.46.